The van der Waals surface area contributed by atoms with Gasteiger partial charge in [0.25, 0.3) is 0 Å². The lowest BCUT2D eigenvalue weighted by atomic mass is 10.1. The van der Waals surface area contributed by atoms with Crippen LogP contribution in [0.4, 0.5) is 0 Å². The molecule has 0 aliphatic heterocycles. The van der Waals surface area contributed by atoms with Gasteiger partial charge in [-0.25, -0.2) is 4.98 Å². The number of benzene rings is 1. The Bertz CT molecular complexity index is 1040. The molecule has 0 aliphatic carbocycles. The molecule has 3 rings (SSSR count). The number of rotatable bonds is 11. The molecule has 0 saturated carbocycles. The molecule has 0 aliphatic rings. The Morgan fingerprint density at radius 1 is 1.13 bits per heavy atom. The lowest BCUT2D eigenvalue weighted by Gasteiger charge is -2.16. The first-order chi connectivity index (χ1) is 14.9. The van der Waals surface area contributed by atoms with Gasteiger partial charge in [-0.05, 0) is 54.1 Å². The Morgan fingerprint density at radius 2 is 1.87 bits per heavy atom. The highest BCUT2D eigenvalue weighted by atomic mass is 35.5. The second-order valence-corrected chi connectivity index (χ2v) is 14.3. The standard InChI is InChI=1S/C23H29ClN4O2Si/c1-31(2,3)13-12-29-17-26-22(10-11-25)18-4-6-20(7-5-18)30-21-8-9-23-27-19(14-24)15-28(23)16-21/h4-11,15-16,25-26H,12-14,17H2,1-3H3/b22-10-,25-11?. The van der Waals surface area contributed by atoms with Gasteiger partial charge in [0.05, 0.1) is 17.8 Å². The van der Waals surface area contributed by atoms with Gasteiger partial charge in [0, 0.05) is 32.8 Å². The van der Waals surface area contributed by atoms with Gasteiger partial charge in [0.2, 0.25) is 0 Å². The number of allylic oxidation sites excluding steroid dienone is 1. The van der Waals surface area contributed by atoms with E-state index in [1.165, 1.54) is 6.21 Å². The molecule has 2 aromatic heterocycles. The maximum absolute atomic E-state index is 7.44. The molecule has 3 aromatic rings. The van der Waals surface area contributed by atoms with Crippen LogP contribution in [0, 0.1) is 5.41 Å². The Hall–Kier alpha value is -2.61. The van der Waals surface area contributed by atoms with Crippen LogP contribution in [-0.2, 0) is 10.6 Å². The number of hydrogen-bond donors (Lipinski definition) is 2. The molecular weight excluding hydrogens is 428 g/mol. The van der Waals surface area contributed by atoms with E-state index < -0.39 is 8.07 Å². The van der Waals surface area contributed by atoms with Crippen LogP contribution in [-0.4, -0.2) is 37.0 Å². The average molecular weight is 457 g/mol. The van der Waals surface area contributed by atoms with E-state index in [0.29, 0.717) is 18.4 Å². The molecule has 1 aromatic carbocycles. The van der Waals surface area contributed by atoms with Gasteiger partial charge >= 0.3 is 0 Å². The maximum Gasteiger partial charge on any atom is 0.144 e. The summed E-state index contributed by atoms with van der Waals surface area (Å²) in [4.78, 5) is 4.41. The van der Waals surface area contributed by atoms with Gasteiger partial charge in [-0.3, -0.25) is 0 Å². The number of imidazole rings is 1. The maximum atomic E-state index is 7.44. The molecule has 8 heteroatoms. The van der Waals surface area contributed by atoms with Crippen molar-refractivity contribution in [3.05, 3.63) is 66.1 Å². The van der Waals surface area contributed by atoms with Gasteiger partial charge in [0.1, 0.15) is 23.9 Å². The fraction of sp³-hybridized carbons (Fsp3) is 0.304. The number of hydrogen-bond acceptors (Lipinski definition) is 5. The highest BCUT2D eigenvalue weighted by Crippen LogP contribution is 2.24. The van der Waals surface area contributed by atoms with E-state index in [4.69, 9.17) is 26.5 Å². The number of fused-ring (bicyclic) bond motifs is 1. The summed E-state index contributed by atoms with van der Waals surface area (Å²) in [7, 11) is -1.10. The summed E-state index contributed by atoms with van der Waals surface area (Å²) in [6.07, 6.45) is 6.76. The van der Waals surface area contributed by atoms with E-state index in [2.05, 4.69) is 29.9 Å². The van der Waals surface area contributed by atoms with E-state index in [0.717, 1.165) is 41.0 Å². The van der Waals surface area contributed by atoms with Crippen molar-refractivity contribution in [2.24, 2.45) is 0 Å². The normalized spacial score (nSPS) is 12.2. The summed E-state index contributed by atoms with van der Waals surface area (Å²) in [5, 5.41) is 10.7. The van der Waals surface area contributed by atoms with Crippen molar-refractivity contribution in [2.45, 2.75) is 31.6 Å². The molecule has 0 spiro atoms. The molecule has 2 heterocycles. The van der Waals surface area contributed by atoms with E-state index in [9.17, 15) is 0 Å². The van der Waals surface area contributed by atoms with Crippen molar-refractivity contribution < 1.29 is 9.47 Å². The summed E-state index contributed by atoms with van der Waals surface area (Å²) in [6, 6.07) is 12.6. The van der Waals surface area contributed by atoms with Crippen molar-refractivity contribution in [1.82, 2.24) is 14.7 Å². The molecular formula is C23H29ClN4O2Si. The molecule has 0 amide bonds. The van der Waals surface area contributed by atoms with Gasteiger partial charge in [-0.1, -0.05) is 19.6 Å². The van der Waals surface area contributed by atoms with Crippen LogP contribution in [0.5, 0.6) is 11.5 Å². The lowest BCUT2D eigenvalue weighted by molar-refractivity contribution is 0.139. The summed E-state index contributed by atoms with van der Waals surface area (Å²) < 4.78 is 13.6. The van der Waals surface area contributed by atoms with Gasteiger partial charge < -0.3 is 24.6 Å². The Morgan fingerprint density at radius 3 is 2.55 bits per heavy atom. The number of ether oxygens (including phenoxy) is 2. The van der Waals surface area contributed by atoms with Crippen molar-refractivity contribution in [3.8, 4) is 11.5 Å². The average Bonchev–Trinajstić information content (AvgIpc) is 3.15. The molecule has 164 valence electrons. The van der Waals surface area contributed by atoms with Crippen LogP contribution in [0.15, 0.2) is 54.9 Å². The second-order valence-electron chi connectivity index (χ2n) is 8.41. The van der Waals surface area contributed by atoms with Gasteiger partial charge in [-0.2, -0.15) is 0 Å². The quantitative estimate of drug-likeness (QED) is 0.126. The van der Waals surface area contributed by atoms with Gasteiger partial charge in [-0.15, -0.1) is 11.6 Å². The van der Waals surface area contributed by atoms with Gasteiger partial charge in [0.15, 0.2) is 0 Å². The van der Waals surface area contributed by atoms with Crippen LogP contribution in [0.2, 0.25) is 25.7 Å². The Balaban J connectivity index is 1.60. The Kier molecular flexibility index (Phi) is 7.89. The molecule has 31 heavy (non-hydrogen) atoms. The van der Waals surface area contributed by atoms with Crippen molar-refractivity contribution in [1.29, 1.82) is 5.41 Å². The fourth-order valence-corrected chi connectivity index (χ4v) is 3.79. The minimum Gasteiger partial charge on any atom is -0.456 e. The zero-order chi connectivity index (χ0) is 22.3. The zero-order valence-corrected chi connectivity index (χ0v) is 19.9. The second kappa shape index (κ2) is 10.6. The van der Waals surface area contributed by atoms with Crippen LogP contribution in [0.3, 0.4) is 0 Å². The molecule has 0 radical (unpaired) electrons. The first kappa shape index (κ1) is 23.1. The van der Waals surface area contributed by atoms with E-state index in [-0.39, 0.29) is 0 Å². The predicted octanol–water partition coefficient (Wildman–Crippen LogP) is 5.76. The van der Waals surface area contributed by atoms with Crippen molar-refractivity contribution >= 4 is 37.2 Å². The molecule has 0 fully saturated rings. The van der Waals surface area contributed by atoms with Crippen LogP contribution >= 0.6 is 11.6 Å². The number of nitrogens with zero attached hydrogens (tertiary/aromatic N) is 2. The minimum absolute atomic E-state index is 0.377. The predicted molar refractivity (Wildman–Crippen MR) is 130 cm³/mol. The smallest absolute Gasteiger partial charge is 0.144 e. The fourth-order valence-electron chi connectivity index (χ4n) is 2.91. The largest absolute Gasteiger partial charge is 0.456 e. The summed E-state index contributed by atoms with van der Waals surface area (Å²) >= 11 is 5.86. The van der Waals surface area contributed by atoms with E-state index in [1.807, 2.05) is 53.2 Å². The SMILES string of the molecule is C[Si](C)(C)CCOCN/C(=C\C=N)c1ccc(Oc2ccc3nc(CCl)cn3c2)cc1. The topological polar surface area (TPSA) is 71.6 Å². The highest BCUT2D eigenvalue weighted by molar-refractivity contribution is 6.76. The summed E-state index contributed by atoms with van der Waals surface area (Å²) in [5.41, 5.74) is 3.45. The third-order valence-corrected chi connectivity index (χ3v) is 6.60. The molecule has 6 nitrogen and oxygen atoms in total. The highest BCUT2D eigenvalue weighted by Gasteiger charge is 2.12. The minimum atomic E-state index is -1.10. The monoisotopic (exact) mass is 456 g/mol. The van der Waals surface area contributed by atoms with Crippen molar-refractivity contribution in [2.75, 3.05) is 13.3 Å². The van der Waals surface area contributed by atoms with E-state index in [1.54, 1.807) is 6.08 Å². The zero-order valence-electron chi connectivity index (χ0n) is 18.2. The first-order valence-corrected chi connectivity index (χ1v) is 14.5. The molecule has 0 saturated heterocycles. The van der Waals surface area contributed by atoms with Crippen molar-refractivity contribution in [3.63, 3.8) is 0 Å². The molecule has 2 N–H and O–H groups in total. The van der Waals surface area contributed by atoms with Crippen LogP contribution in [0.25, 0.3) is 11.3 Å². The molecule has 0 unspecified atom stereocenters. The lowest BCUT2D eigenvalue weighted by Crippen LogP contribution is -2.24. The number of nitrogens with one attached hydrogen (secondary N) is 2. The van der Waals surface area contributed by atoms with Crippen LogP contribution < -0.4 is 10.1 Å². The number of alkyl halides is 1. The molecule has 0 atom stereocenters. The third kappa shape index (κ3) is 6.95. The Labute approximate surface area is 189 Å². The molecule has 0 bridgehead atoms. The summed E-state index contributed by atoms with van der Waals surface area (Å²) in [6.45, 7) is 8.16. The number of aromatic nitrogens is 2. The first-order valence-electron chi connectivity index (χ1n) is 10.2. The number of halogens is 1. The summed E-state index contributed by atoms with van der Waals surface area (Å²) in [5.74, 6) is 1.81. The van der Waals surface area contributed by atoms with E-state index >= 15 is 0 Å². The third-order valence-electron chi connectivity index (χ3n) is 4.62. The van der Waals surface area contributed by atoms with Crippen LogP contribution in [0.1, 0.15) is 11.3 Å². The number of pyridine rings is 1.